The Morgan fingerprint density at radius 3 is 2.67 bits per heavy atom. The Balaban J connectivity index is 1.93. The molecule has 1 heterocycles. The van der Waals surface area contributed by atoms with E-state index < -0.39 is 5.97 Å². The van der Waals surface area contributed by atoms with Crippen LogP contribution in [0.5, 0.6) is 0 Å². The molecule has 0 amide bonds. The van der Waals surface area contributed by atoms with E-state index in [2.05, 4.69) is 29.2 Å². The van der Waals surface area contributed by atoms with Crippen LogP contribution in [0.25, 0.3) is 0 Å². The first-order valence-electron chi connectivity index (χ1n) is 7.71. The molecule has 2 rings (SSSR count). The van der Waals surface area contributed by atoms with E-state index in [0.29, 0.717) is 12.6 Å². The minimum Gasteiger partial charge on any atom is -0.481 e. The van der Waals surface area contributed by atoms with Crippen molar-refractivity contribution >= 4 is 5.97 Å². The van der Waals surface area contributed by atoms with Gasteiger partial charge in [-0.2, -0.15) is 0 Å². The summed E-state index contributed by atoms with van der Waals surface area (Å²) in [5.41, 5.74) is 2.47. The molecule has 1 aromatic carbocycles. The Morgan fingerprint density at radius 1 is 1.29 bits per heavy atom. The first-order chi connectivity index (χ1) is 10.2. The van der Waals surface area contributed by atoms with Crippen LogP contribution in [0.2, 0.25) is 0 Å². The summed E-state index contributed by atoms with van der Waals surface area (Å²) in [4.78, 5) is 13.2. The molecule has 1 atom stereocenters. The summed E-state index contributed by atoms with van der Waals surface area (Å²) >= 11 is 0. The Labute approximate surface area is 126 Å². The van der Waals surface area contributed by atoms with Crippen molar-refractivity contribution in [2.75, 3.05) is 13.7 Å². The minimum atomic E-state index is -0.690. The van der Waals surface area contributed by atoms with Crippen LogP contribution in [0.4, 0.5) is 0 Å². The molecule has 0 aromatic heterocycles. The van der Waals surface area contributed by atoms with Gasteiger partial charge in [-0.15, -0.1) is 0 Å². The molecule has 1 saturated heterocycles. The number of hydrogen-bond acceptors (Lipinski definition) is 3. The zero-order chi connectivity index (χ0) is 15.1. The van der Waals surface area contributed by atoms with Crippen LogP contribution in [0, 0.1) is 0 Å². The molecule has 4 heteroatoms. The van der Waals surface area contributed by atoms with Crippen LogP contribution in [0.1, 0.15) is 43.2 Å². The summed E-state index contributed by atoms with van der Waals surface area (Å²) in [7, 11) is 1.70. The van der Waals surface area contributed by atoms with E-state index in [-0.39, 0.29) is 6.42 Å². The molecule has 4 nitrogen and oxygen atoms in total. The van der Waals surface area contributed by atoms with Crippen LogP contribution < -0.4 is 0 Å². The van der Waals surface area contributed by atoms with Crippen molar-refractivity contribution in [2.24, 2.45) is 0 Å². The van der Waals surface area contributed by atoms with Crippen molar-refractivity contribution in [3.63, 3.8) is 0 Å². The van der Waals surface area contributed by atoms with Gasteiger partial charge >= 0.3 is 5.97 Å². The Bertz CT molecular complexity index is 444. The number of rotatable bonds is 7. The molecule has 21 heavy (non-hydrogen) atoms. The molecule has 0 radical (unpaired) electrons. The number of likely N-dealkylation sites (tertiary alicyclic amines) is 1. The predicted molar refractivity (Wildman–Crippen MR) is 82.1 cm³/mol. The average Bonchev–Trinajstić information content (AvgIpc) is 2.48. The molecule has 1 aliphatic rings. The second kappa shape index (κ2) is 8.15. The number of carboxylic acids is 1. The molecular weight excluding hydrogens is 266 g/mol. The van der Waals surface area contributed by atoms with Crippen LogP contribution in [-0.2, 0) is 22.7 Å². The zero-order valence-electron chi connectivity index (χ0n) is 12.8. The quantitative estimate of drug-likeness (QED) is 0.839. The minimum absolute atomic E-state index is 0.272. The Morgan fingerprint density at radius 2 is 2.00 bits per heavy atom. The van der Waals surface area contributed by atoms with Gasteiger partial charge < -0.3 is 9.84 Å². The molecule has 0 spiro atoms. The number of aliphatic carboxylic acids is 1. The Hall–Kier alpha value is -1.39. The van der Waals surface area contributed by atoms with E-state index in [1.54, 1.807) is 7.11 Å². The topological polar surface area (TPSA) is 49.8 Å². The van der Waals surface area contributed by atoms with Gasteiger partial charge in [0.25, 0.3) is 0 Å². The number of benzene rings is 1. The summed E-state index contributed by atoms with van der Waals surface area (Å²) < 4.78 is 5.12. The fourth-order valence-corrected chi connectivity index (χ4v) is 3.03. The molecule has 1 aliphatic heterocycles. The van der Waals surface area contributed by atoms with Crippen LogP contribution in [0.3, 0.4) is 0 Å². The highest BCUT2D eigenvalue weighted by atomic mass is 16.5. The smallest absolute Gasteiger partial charge is 0.303 e. The molecule has 116 valence electrons. The second-order valence-corrected chi connectivity index (χ2v) is 5.80. The molecule has 0 saturated carbocycles. The SMILES string of the molecule is COCc1ccc(CN2CCCCC2CCC(=O)O)cc1. The van der Waals surface area contributed by atoms with Gasteiger partial charge in [0.15, 0.2) is 0 Å². The van der Waals surface area contributed by atoms with Crippen LogP contribution >= 0.6 is 0 Å². The van der Waals surface area contributed by atoms with Gasteiger partial charge in [-0.05, 0) is 36.9 Å². The normalized spacial score (nSPS) is 19.6. The second-order valence-electron chi connectivity index (χ2n) is 5.80. The lowest BCUT2D eigenvalue weighted by atomic mass is 9.97. The summed E-state index contributed by atoms with van der Waals surface area (Å²) in [5.74, 6) is -0.690. The molecule has 0 aliphatic carbocycles. The summed E-state index contributed by atoms with van der Waals surface area (Å²) in [6.07, 6.45) is 4.58. The largest absolute Gasteiger partial charge is 0.481 e. The van der Waals surface area contributed by atoms with Gasteiger partial charge in [-0.3, -0.25) is 9.69 Å². The van der Waals surface area contributed by atoms with E-state index >= 15 is 0 Å². The molecule has 1 aromatic rings. The first kappa shape index (κ1) is 16.0. The van der Waals surface area contributed by atoms with Crippen molar-refractivity contribution in [3.05, 3.63) is 35.4 Å². The highest BCUT2D eigenvalue weighted by Crippen LogP contribution is 2.23. The monoisotopic (exact) mass is 291 g/mol. The fraction of sp³-hybridized carbons (Fsp3) is 0.588. The van der Waals surface area contributed by atoms with Crippen LogP contribution in [0.15, 0.2) is 24.3 Å². The van der Waals surface area contributed by atoms with Crippen molar-refractivity contribution in [2.45, 2.75) is 51.3 Å². The molecule has 1 unspecified atom stereocenters. The van der Waals surface area contributed by atoms with Gasteiger partial charge in [0.05, 0.1) is 6.61 Å². The lowest BCUT2D eigenvalue weighted by molar-refractivity contribution is -0.137. The molecule has 0 bridgehead atoms. The maximum atomic E-state index is 10.8. The summed E-state index contributed by atoms with van der Waals surface area (Å²) in [5, 5.41) is 8.87. The highest BCUT2D eigenvalue weighted by molar-refractivity contribution is 5.66. The third-order valence-corrected chi connectivity index (χ3v) is 4.16. The summed E-state index contributed by atoms with van der Waals surface area (Å²) in [6, 6.07) is 8.92. The van der Waals surface area contributed by atoms with Gasteiger partial charge in [0, 0.05) is 26.1 Å². The molecular formula is C17H25NO3. The van der Waals surface area contributed by atoms with Gasteiger partial charge in [-0.25, -0.2) is 0 Å². The fourth-order valence-electron chi connectivity index (χ4n) is 3.03. The maximum Gasteiger partial charge on any atom is 0.303 e. The number of piperidine rings is 1. The standard InChI is InChI=1S/C17H25NO3/c1-21-13-15-7-5-14(6-8-15)12-18-11-3-2-4-16(18)9-10-17(19)20/h5-8,16H,2-4,9-13H2,1H3,(H,19,20). The van der Waals surface area contributed by atoms with Gasteiger partial charge in [0.2, 0.25) is 0 Å². The number of carbonyl (C=O) groups is 1. The van der Waals surface area contributed by atoms with Crippen molar-refractivity contribution in [1.29, 1.82) is 0 Å². The number of methoxy groups -OCH3 is 1. The third kappa shape index (κ3) is 5.14. The number of nitrogens with zero attached hydrogens (tertiary/aromatic N) is 1. The Kier molecular flexibility index (Phi) is 6.21. The van der Waals surface area contributed by atoms with Gasteiger partial charge in [-0.1, -0.05) is 30.7 Å². The number of carboxylic acid groups (broad SMARTS) is 1. The van der Waals surface area contributed by atoms with Gasteiger partial charge in [0.1, 0.15) is 0 Å². The number of hydrogen-bond donors (Lipinski definition) is 1. The van der Waals surface area contributed by atoms with E-state index in [0.717, 1.165) is 25.9 Å². The number of ether oxygens (including phenoxy) is 1. The molecule has 1 fully saturated rings. The van der Waals surface area contributed by atoms with Crippen molar-refractivity contribution < 1.29 is 14.6 Å². The summed E-state index contributed by atoms with van der Waals surface area (Å²) in [6.45, 7) is 2.63. The third-order valence-electron chi connectivity index (χ3n) is 4.16. The van der Waals surface area contributed by atoms with Crippen molar-refractivity contribution in [1.82, 2.24) is 4.90 Å². The maximum absolute atomic E-state index is 10.8. The van der Waals surface area contributed by atoms with E-state index in [1.165, 1.54) is 24.0 Å². The van der Waals surface area contributed by atoms with E-state index in [9.17, 15) is 4.79 Å². The predicted octanol–water partition coefficient (Wildman–Crippen LogP) is 3.05. The zero-order valence-corrected chi connectivity index (χ0v) is 12.8. The van der Waals surface area contributed by atoms with E-state index in [1.807, 2.05) is 0 Å². The first-order valence-corrected chi connectivity index (χ1v) is 7.71. The molecule has 1 N–H and O–H groups in total. The van der Waals surface area contributed by atoms with Crippen LogP contribution in [-0.4, -0.2) is 35.7 Å². The lowest BCUT2D eigenvalue weighted by Crippen LogP contribution is -2.39. The van der Waals surface area contributed by atoms with E-state index in [4.69, 9.17) is 9.84 Å². The lowest BCUT2D eigenvalue weighted by Gasteiger charge is -2.35. The average molecular weight is 291 g/mol. The highest BCUT2D eigenvalue weighted by Gasteiger charge is 2.22. The van der Waals surface area contributed by atoms with Crippen molar-refractivity contribution in [3.8, 4) is 0 Å².